The molecule has 0 amide bonds. The minimum Gasteiger partial charge on any atom is -0.493 e. The molecular formula is C21H25N3O3. The zero-order valence-electron chi connectivity index (χ0n) is 15.8. The van der Waals surface area contributed by atoms with Gasteiger partial charge in [-0.2, -0.15) is 0 Å². The first-order valence-electron chi connectivity index (χ1n) is 9.32. The van der Waals surface area contributed by atoms with Crippen molar-refractivity contribution in [1.29, 1.82) is 0 Å². The zero-order valence-corrected chi connectivity index (χ0v) is 15.8. The molecule has 2 N–H and O–H groups in total. The van der Waals surface area contributed by atoms with E-state index in [0.29, 0.717) is 17.9 Å². The van der Waals surface area contributed by atoms with Crippen molar-refractivity contribution >= 4 is 5.71 Å². The third kappa shape index (κ3) is 4.10. The van der Waals surface area contributed by atoms with Gasteiger partial charge in [-0.25, -0.2) is 9.36 Å². The lowest BCUT2D eigenvalue weighted by Gasteiger charge is -2.14. The Bertz CT molecular complexity index is 1010. The molecule has 1 aromatic carbocycles. The quantitative estimate of drug-likeness (QED) is 0.628. The normalized spacial score (nSPS) is 14.9. The fourth-order valence-corrected chi connectivity index (χ4v) is 3.47. The Morgan fingerprint density at radius 2 is 2.04 bits per heavy atom. The highest BCUT2D eigenvalue weighted by Crippen LogP contribution is 2.21. The van der Waals surface area contributed by atoms with E-state index in [9.17, 15) is 14.7 Å². The van der Waals surface area contributed by atoms with E-state index in [2.05, 4.69) is 16.1 Å². The predicted octanol–water partition coefficient (Wildman–Crippen LogP) is 3.24. The van der Waals surface area contributed by atoms with Crippen LogP contribution in [-0.2, 0) is 0 Å². The highest BCUT2D eigenvalue weighted by Gasteiger charge is 2.18. The molecule has 0 fully saturated rings. The number of nitrogens with zero attached hydrogens (tertiary/aromatic N) is 2. The van der Waals surface area contributed by atoms with Crippen molar-refractivity contribution in [1.82, 2.24) is 9.55 Å². The molecule has 0 saturated heterocycles. The van der Waals surface area contributed by atoms with Crippen LogP contribution >= 0.6 is 0 Å². The number of aromatic nitrogens is 2. The van der Waals surface area contributed by atoms with Gasteiger partial charge in [-0.1, -0.05) is 29.8 Å². The lowest BCUT2D eigenvalue weighted by Crippen LogP contribution is -2.33. The molecule has 0 aliphatic heterocycles. The number of benzene rings is 1. The maximum atomic E-state index is 12.3. The fourth-order valence-electron chi connectivity index (χ4n) is 3.47. The van der Waals surface area contributed by atoms with Gasteiger partial charge in [0.25, 0.3) is 5.56 Å². The van der Waals surface area contributed by atoms with Crippen LogP contribution < -0.4 is 11.2 Å². The third-order valence-corrected chi connectivity index (χ3v) is 4.97. The molecule has 6 nitrogen and oxygen atoms in total. The molecular weight excluding hydrogens is 342 g/mol. The summed E-state index contributed by atoms with van der Waals surface area (Å²) in [7, 11) is 0. The lowest BCUT2D eigenvalue weighted by atomic mass is 9.97. The highest BCUT2D eigenvalue weighted by atomic mass is 16.3. The van der Waals surface area contributed by atoms with Crippen LogP contribution in [0.5, 0.6) is 5.88 Å². The average molecular weight is 367 g/mol. The smallest absolute Gasteiger partial charge is 0.335 e. The molecule has 1 heterocycles. The number of allylic oxidation sites excluding steroid dienone is 1. The summed E-state index contributed by atoms with van der Waals surface area (Å²) in [6.45, 7) is 4.08. The summed E-state index contributed by atoms with van der Waals surface area (Å²) in [6.07, 6.45) is 7.83. The van der Waals surface area contributed by atoms with Gasteiger partial charge in [-0.3, -0.25) is 14.8 Å². The second-order valence-electron chi connectivity index (χ2n) is 6.91. The number of aromatic amines is 1. The molecule has 27 heavy (non-hydrogen) atoms. The van der Waals surface area contributed by atoms with E-state index < -0.39 is 11.2 Å². The maximum absolute atomic E-state index is 12.3. The Morgan fingerprint density at radius 3 is 2.74 bits per heavy atom. The molecule has 6 heteroatoms. The average Bonchev–Trinajstić information content (AvgIpc) is 2.64. The van der Waals surface area contributed by atoms with E-state index in [1.165, 1.54) is 18.4 Å². The van der Waals surface area contributed by atoms with Gasteiger partial charge in [0.15, 0.2) is 0 Å². The number of hydrogen-bond donors (Lipinski definition) is 2. The van der Waals surface area contributed by atoms with Crippen LogP contribution in [-0.4, -0.2) is 26.9 Å². The number of aromatic hydroxyl groups is 1. The molecule has 3 rings (SSSR count). The standard InChI is InChI=1S/C21H25N3O3/c1-14-8-6-7-11-17(14)24-20(26)18(19(25)23-21(24)27)15(2)22-13-12-16-9-4-3-5-10-16/h6-9,11,26H,3-5,10,12-13H2,1-2H3,(H,23,25,27). The van der Waals surface area contributed by atoms with Gasteiger partial charge < -0.3 is 5.11 Å². The van der Waals surface area contributed by atoms with Gasteiger partial charge in [0.2, 0.25) is 5.88 Å². The van der Waals surface area contributed by atoms with Crippen LogP contribution in [0.3, 0.4) is 0 Å². The second-order valence-corrected chi connectivity index (χ2v) is 6.91. The van der Waals surface area contributed by atoms with Crippen molar-refractivity contribution < 1.29 is 5.11 Å². The Morgan fingerprint density at radius 1 is 1.26 bits per heavy atom. The van der Waals surface area contributed by atoms with Crippen molar-refractivity contribution in [3.05, 3.63) is 67.9 Å². The van der Waals surface area contributed by atoms with Crippen molar-refractivity contribution in [3.63, 3.8) is 0 Å². The largest absolute Gasteiger partial charge is 0.493 e. The molecule has 1 aliphatic rings. The molecule has 0 saturated carbocycles. The number of para-hydroxylation sites is 1. The topological polar surface area (TPSA) is 87.4 Å². The van der Waals surface area contributed by atoms with Gasteiger partial charge in [-0.15, -0.1) is 0 Å². The zero-order chi connectivity index (χ0) is 19.4. The van der Waals surface area contributed by atoms with Gasteiger partial charge in [0.05, 0.1) is 5.69 Å². The minimum atomic E-state index is -0.671. The van der Waals surface area contributed by atoms with Gasteiger partial charge in [0.1, 0.15) is 5.56 Å². The van der Waals surface area contributed by atoms with Crippen molar-refractivity contribution in [2.24, 2.45) is 4.99 Å². The summed E-state index contributed by atoms with van der Waals surface area (Å²) < 4.78 is 1.12. The Kier molecular flexibility index (Phi) is 5.74. The second kappa shape index (κ2) is 8.20. The first-order valence-corrected chi connectivity index (χ1v) is 9.32. The summed E-state index contributed by atoms with van der Waals surface area (Å²) in [4.78, 5) is 31.4. The van der Waals surface area contributed by atoms with Crippen LogP contribution in [0.2, 0.25) is 0 Å². The van der Waals surface area contributed by atoms with Crippen molar-refractivity contribution in [3.8, 4) is 11.6 Å². The number of aliphatic imine (C=N–C) groups is 1. The SMILES string of the molecule is CC(=NCCC1=CCCCC1)c1c(O)n(-c2ccccc2C)c(=O)[nH]c1=O. The van der Waals surface area contributed by atoms with Gasteiger partial charge in [0, 0.05) is 12.3 Å². The summed E-state index contributed by atoms with van der Waals surface area (Å²) in [5.74, 6) is -0.379. The number of nitrogens with one attached hydrogen (secondary N) is 1. The minimum absolute atomic E-state index is 0.0375. The summed E-state index contributed by atoms with van der Waals surface area (Å²) in [6, 6.07) is 7.18. The van der Waals surface area contributed by atoms with Gasteiger partial charge >= 0.3 is 5.69 Å². The molecule has 0 spiro atoms. The van der Waals surface area contributed by atoms with Crippen molar-refractivity contribution in [2.75, 3.05) is 6.54 Å². The van der Waals surface area contributed by atoms with Crippen LogP contribution in [0, 0.1) is 6.92 Å². The van der Waals surface area contributed by atoms with E-state index in [1.807, 2.05) is 19.1 Å². The first-order chi connectivity index (χ1) is 13.0. The summed E-state index contributed by atoms with van der Waals surface area (Å²) >= 11 is 0. The number of hydrogen-bond acceptors (Lipinski definition) is 4. The van der Waals surface area contributed by atoms with E-state index in [1.54, 1.807) is 19.1 Å². The van der Waals surface area contributed by atoms with Crippen LogP contribution in [0.4, 0.5) is 0 Å². The highest BCUT2D eigenvalue weighted by molar-refractivity contribution is 6.00. The first kappa shape index (κ1) is 18.9. The number of aryl methyl sites for hydroxylation is 1. The van der Waals surface area contributed by atoms with E-state index >= 15 is 0 Å². The number of rotatable bonds is 5. The monoisotopic (exact) mass is 367 g/mol. The number of H-pyrrole nitrogens is 1. The molecule has 0 bridgehead atoms. The Hall–Kier alpha value is -2.89. The predicted molar refractivity (Wildman–Crippen MR) is 107 cm³/mol. The molecule has 0 radical (unpaired) electrons. The van der Waals surface area contributed by atoms with Crippen LogP contribution in [0.1, 0.15) is 50.2 Å². The molecule has 0 unspecified atom stereocenters. The molecule has 1 aromatic heterocycles. The fraction of sp³-hybridized carbons (Fsp3) is 0.381. The molecule has 142 valence electrons. The van der Waals surface area contributed by atoms with Gasteiger partial charge in [-0.05, 0) is 57.6 Å². The van der Waals surface area contributed by atoms with Crippen molar-refractivity contribution in [2.45, 2.75) is 46.0 Å². The summed E-state index contributed by atoms with van der Waals surface area (Å²) in [5.41, 5.74) is 1.91. The van der Waals surface area contributed by atoms with Crippen LogP contribution in [0.25, 0.3) is 5.69 Å². The Labute approximate surface area is 157 Å². The van der Waals surface area contributed by atoms with E-state index in [-0.39, 0.29) is 11.4 Å². The Balaban J connectivity index is 1.95. The molecule has 2 aromatic rings. The van der Waals surface area contributed by atoms with Crippen LogP contribution in [0.15, 0.2) is 50.5 Å². The lowest BCUT2D eigenvalue weighted by molar-refractivity contribution is 0.429. The van der Waals surface area contributed by atoms with E-state index in [4.69, 9.17) is 0 Å². The summed E-state index contributed by atoms with van der Waals surface area (Å²) in [5, 5.41) is 10.7. The van der Waals surface area contributed by atoms with E-state index in [0.717, 1.165) is 29.4 Å². The molecule has 1 aliphatic carbocycles. The third-order valence-electron chi connectivity index (χ3n) is 4.97. The maximum Gasteiger partial charge on any atom is 0.335 e. The molecule has 0 atom stereocenters.